The predicted octanol–water partition coefficient (Wildman–Crippen LogP) is 8.21. The van der Waals surface area contributed by atoms with Gasteiger partial charge in [0, 0.05) is 37.5 Å². The van der Waals surface area contributed by atoms with Gasteiger partial charge < -0.3 is 19.7 Å². The molecule has 0 radical (unpaired) electrons. The molecule has 0 heterocycles. The average Bonchev–Trinajstić information content (AvgIpc) is 3.06. The molecule has 0 unspecified atom stereocenters. The van der Waals surface area contributed by atoms with Crippen molar-refractivity contribution in [2.24, 2.45) is 0 Å². The Hall–Kier alpha value is -4.26. The van der Waals surface area contributed by atoms with Crippen LogP contribution in [0.1, 0.15) is 40.3 Å². The molecule has 260 valence electrons. The topological polar surface area (TPSA) is 108 Å². The summed E-state index contributed by atoms with van der Waals surface area (Å²) in [5, 5.41) is 18.6. The third kappa shape index (κ3) is 13.9. The maximum atomic E-state index is 10.7. The molecular formula is C38H36Cl2N2O6S2. The molecule has 4 aromatic carbocycles. The van der Waals surface area contributed by atoms with Gasteiger partial charge in [-0.3, -0.25) is 9.03 Å². The van der Waals surface area contributed by atoms with E-state index in [0.717, 1.165) is 38.6 Å². The molecule has 4 rings (SSSR count). The summed E-state index contributed by atoms with van der Waals surface area (Å²) in [5.41, 5.74) is 5.02. The zero-order chi connectivity index (χ0) is 36.6. The fourth-order valence-corrected chi connectivity index (χ4v) is 5.65. The van der Waals surface area contributed by atoms with Crippen LogP contribution in [0, 0.1) is 37.5 Å². The Labute approximate surface area is 311 Å². The standard InChI is InChI=1S/2C19H18ClNO3S/c1-13-4-8-17(25-21(2)3)11-14(13)5-6-15-10-16(20)7-9-18(15)24-12-19(22)23;1-3-21-25-17-8-4-13(2)14(11-17)5-6-15-10-16(20)7-9-18(15)24-12-19(22)23/h4,7-11H,12H2,1-3H3,(H,22,23);4,7-11,21H,3,12H2,1-2H3,(H,22,23). The van der Waals surface area contributed by atoms with Gasteiger partial charge in [0.05, 0.1) is 11.1 Å². The summed E-state index contributed by atoms with van der Waals surface area (Å²) in [5.74, 6) is 11.0. The summed E-state index contributed by atoms with van der Waals surface area (Å²) < 4.78 is 15.8. The quantitative estimate of drug-likeness (QED) is 0.103. The summed E-state index contributed by atoms with van der Waals surface area (Å²) >= 11 is 15.2. The molecule has 3 N–H and O–H groups in total. The number of nitrogens with zero attached hydrogens (tertiary/aromatic N) is 1. The summed E-state index contributed by atoms with van der Waals surface area (Å²) in [6.07, 6.45) is 0. The highest BCUT2D eigenvalue weighted by molar-refractivity contribution is 7.97. The Bertz CT molecular complexity index is 1950. The first-order chi connectivity index (χ1) is 23.8. The summed E-state index contributed by atoms with van der Waals surface area (Å²) in [4.78, 5) is 23.6. The van der Waals surface area contributed by atoms with Crippen molar-refractivity contribution >= 4 is 59.0 Å². The second-order valence-electron chi connectivity index (χ2n) is 10.6. The van der Waals surface area contributed by atoms with E-state index in [2.05, 4.69) is 28.4 Å². The number of rotatable bonds is 11. The van der Waals surface area contributed by atoms with Gasteiger partial charge in [-0.2, -0.15) is 0 Å². The first-order valence-corrected chi connectivity index (χ1v) is 17.5. The van der Waals surface area contributed by atoms with E-state index in [9.17, 15) is 9.59 Å². The van der Waals surface area contributed by atoms with Crippen LogP contribution >= 0.6 is 47.1 Å². The summed E-state index contributed by atoms with van der Waals surface area (Å²) in [6.45, 7) is 6.04. The number of hydrogen-bond donors (Lipinski definition) is 3. The molecule has 0 saturated carbocycles. The molecule has 0 aliphatic carbocycles. The van der Waals surface area contributed by atoms with Crippen LogP contribution < -0.4 is 14.2 Å². The monoisotopic (exact) mass is 750 g/mol. The zero-order valence-corrected chi connectivity index (χ0v) is 31.2. The molecule has 0 atom stereocenters. The molecule has 0 saturated heterocycles. The molecule has 4 aromatic rings. The van der Waals surface area contributed by atoms with Crippen molar-refractivity contribution in [2.45, 2.75) is 30.6 Å². The lowest BCUT2D eigenvalue weighted by Gasteiger charge is -2.09. The number of aryl methyl sites for hydroxylation is 2. The number of hydrogen-bond acceptors (Lipinski definition) is 8. The number of carboxylic acids is 2. The van der Waals surface area contributed by atoms with Gasteiger partial charge in [0.25, 0.3) is 0 Å². The van der Waals surface area contributed by atoms with Crippen LogP contribution in [0.2, 0.25) is 10.0 Å². The number of carbonyl (C=O) groups is 2. The van der Waals surface area contributed by atoms with E-state index in [0.29, 0.717) is 32.7 Å². The normalized spacial score (nSPS) is 10.2. The SMILES string of the molecule is CCNSc1ccc(C)c(C#Cc2cc(Cl)ccc2OCC(=O)O)c1.Cc1ccc(SN(C)C)cc1C#Cc1cc(Cl)ccc1OCC(=O)O. The highest BCUT2D eigenvalue weighted by Gasteiger charge is 2.08. The first kappa shape index (κ1) is 40.2. The molecule has 0 aliphatic rings. The van der Waals surface area contributed by atoms with E-state index in [-0.39, 0.29) is 0 Å². The lowest BCUT2D eigenvalue weighted by Crippen LogP contribution is -2.10. The number of halogens is 2. The van der Waals surface area contributed by atoms with Gasteiger partial charge in [-0.05, 0) is 124 Å². The Kier molecular flexibility index (Phi) is 16.4. The van der Waals surface area contributed by atoms with Crippen LogP contribution in [-0.4, -0.2) is 60.3 Å². The van der Waals surface area contributed by atoms with Gasteiger partial charge in [-0.15, -0.1) is 0 Å². The van der Waals surface area contributed by atoms with Crippen LogP contribution in [0.4, 0.5) is 0 Å². The van der Waals surface area contributed by atoms with Gasteiger partial charge >= 0.3 is 11.9 Å². The van der Waals surface area contributed by atoms with Gasteiger partial charge in [-0.25, -0.2) is 9.59 Å². The van der Waals surface area contributed by atoms with E-state index in [4.69, 9.17) is 42.9 Å². The largest absolute Gasteiger partial charge is 0.481 e. The third-order valence-electron chi connectivity index (χ3n) is 6.29. The second kappa shape index (κ2) is 20.4. The molecular weight excluding hydrogens is 715 g/mol. The number of benzene rings is 4. The molecule has 0 amide bonds. The summed E-state index contributed by atoms with van der Waals surface area (Å²) in [6, 6.07) is 22.0. The van der Waals surface area contributed by atoms with E-state index in [1.54, 1.807) is 60.3 Å². The molecule has 0 bridgehead atoms. The van der Waals surface area contributed by atoms with Crippen molar-refractivity contribution < 1.29 is 29.3 Å². The van der Waals surface area contributed by atoms with Gasteiger partial charge in [-0.1, -0.05) is 65.9 Å². The van der Waals surface area contributed by atoms with Gasteiger partial charge in [0.2, 0.25) is 0 Å². The summed E-state index contributed by atoms with van der Waals surface area (Å²) in [7, 11) is 3.96. The van der Waals surface area contributed by atoms with Crippen LogP contribution in [0.3, 0.4) is 0 Å². The van der Waals surface area contributed by atoms with Crippen LogP contribution in [0.15, 0.2) is 82.6 Å². The average molecular weight is 752 g/mol. The number of aliphatic carboxylic acids is 2. The fourth-order valence-electron chi connectivity index (χ4n) is 3.96. The van der Waals surface area contributed by atoms with Crippen LogP contribution in [0.25, 0.3) is 0 Å². The predicted molar refractivity (Wildman–Crippen MR) is 203 cm³/mol. The Morgan fingerprint density at radius 3 is 1.58 bits per heavy atom. The molecule has 12 heteroatoms. The fraction of sp³-hybridized carbons (Fsp3) is 0.211. The number of ether oxygens (including phenoxy) is 2. The Balaban J connectivity index is 0.000000270. The maximum absolute atomic E-state index is 10.7. The van der Waals surface area contributed by atoms with Crippen molar-refractivity contribution in [3.8, 4) is 35.2 Å². The van der Waals surface area contributed by atoms with Gasteiger partial charge in [0.1, 0.15) is 11.5 Å². The number of carboxylic acid groups (broad SMARTS) is 2. The van der Waals surface area contributed by atoms with Crippen molar-refractivity contribution in [3.63, 3.8) is 0 Å². The third-order valence-corrected chi connectivity index (χ3v) is 8.51. The van der Waals surface area contributed by atoms with Gasteiger partial charge in [0.15, 0.2) is 13.2 Å². The first-order valence-electron chi connectivity index (χ1n) is 15.1. The number of nitrogens with one attached hydrogen (secondary N) is 1. The van der Waals surface area contributed by atoms with Crippen LogP contribution in [0.5, 0.6) is 11.5 Å². The molecule has 0 spiro atoms. The molecule has 50 heavy (non-hydrogen) atoms. The Morgan fingerprint density at radius 1 is 0.700 bits per heavy atom. The minimum atomic E-state index is -1.04. The zero-order valence-electron chi connectivity index (χ0n) is 28.1. The van der Waals surface area contributed by atoms with Crippen LogP contribution in [-0.2, 0) is 9.59 Å². The second-order valence-corrected chi connectivity index (χ2v) is 13.8. The van der Waals surface area contributed by atoms with E-state index in [1.807, 2.05) is 75.6 Å². The molecule has 0 aliphatic heterocycles. The van der Waals surface area contributed by atoms with E-state index < -0.39 is 25.2 Å². The van der Waals surface area contributed by atoms with Crippen molar-refractivity contribution in [2.75, 3.05) is 33.9 Å². The van der Waals surface area contributed by atoms with Crippen molar-refractivity contribution in [3.05, 3.63) is 116 Å². The smallest absolute Gasteiger partial charge is 0.341 e. The van der Waals surface area contributed by atoms with E-state index in [1.165, 1.54) is 0 Å². The minimum absolute atomic E-state index is 0.398. The highest BCUT2D eigenvalue weighted by Crippen LogP contribution is 2.25. The minimum Gasteiger partial charge on any atom is -0.481 e. The highest BCUT2D eigenvalue weighted by atomic mass is 35.5. The lowest BCUT2D eigenvalue weighted by molar-refractivity contribution is -0.140. The van der Waals surface area contributed by atoms with E-state index >= 15 is 0 Å². The van der Waals surface area contributed by atoms with Crippen molar-refractivity contribution in [1.82, 2.24) is 9.03 Å². The van der Waals surface area contributed by atoms with Crippen molar-refractivity contribution in [1.29, 1.82) is 0 Å². The maximum Gasteiger partial charge on any atom is 0.341 e. The lowest BCUT2D eigenvalue weighted by atomic mass is 10.1. The molecule has 0 aromatic heterocycles. The molecule has 8 nitrogen and oxygen atoms in total. The Morgan fingerprint density at radius 2 is 1.14 bits per heavy atom. The molecule has 0 fully saturated rings.